The van der Waals surface area contributed by atoms with E-state index in [4.69, 9.17) is 0 Å². The van der Waals surface area contributed by atoms with Gasteiger partial charge in [0.15, 0.2) is 11.5 Å². The third-order valence-electron chi connectivity index (χ3n) is 2.53. The number of carbonyl (C=O) groups is 1. The maximum absolute atomic E-state index is 11.9. The van der Waals surface area contributed by atoms with E-state index in [2.05, 4.69) is 9.97 Å². The smallest absolute Gasteiger partial charge is 0.208 e. The molecule has 4 nitrogen and oxygen atoms in total. The minimum atomic E-state index is 0.0648. The summed E-state index contributed by atoms with van der Waals surface area (Å²) < 4.78 is 1.77. The second-order valence-corrected chi connectivity index (χ2v) is 5.18. The molecule has 5 heteroatoms. The zero-order valence-corrected chi connectivity index (χ0v) is 11.0. The quantitative estimate of drug-likeness (QED) is 0.779. The Bertz CT molecular complexity index is 562. The third kappa shape index (κ3) is 2.34. The number of aromatic nitrogens is 3. The van der Waals surface area contributed by atoms with Gasteiger partial charge in [-0.3, -0.25) is 4.79 Å². The molecule has 0 aliphatic heterocycles. The SMILES string of the molecule is CCSCC(=O)c1nc2cc(C)cnc2n1C. The van der Waals surface area contributed by atoms with Crippen molar-refractivity contribution in [3.63, 3.8) is 0 Å². The minimum Gasteiger partial charge on any atom is -0.309 e. The van der Waals surface area contributed by atoms with E-state index in [1.54, 1.807) is 22.5 Å². The van der Waals surface area contributed by atoms with E-state index in [0.29, 0.717) is 11.6 Å². The van der Waals surface area contributed by atoms with Gasteiger partial charge in [-0.05, 0) is 24.3 Å². The Labute approximate surface area is 104 Å². The number of rotatable bonds is 4. The first-order valence-corrected chi connectivity index (χ1v) is 6.69. The van der Waals surface area contributed by atoms with Crippen LogP contribution in [0.25, 0.3) is 11.2 Å². The lowest BCUT2D eigenvalue weighted by molar-refractivity contribution is 0.101. The molecule has 2 aromatic heterocycles. The highest BCUT2D eigenvalue weighted by atomic mass is 32.2. The first-order valence-electron chi connectivity index (χ1n) is 5.53. The highest BCUT2D eigenvalue weighted by Gasteiger charge is 2.15. The molecular weight excluding hydrogens is 234 g/mol. The molecule has 17 heavy (non-hydrogen) atoms. The highest BCUT2D eigenvalue weighted by molar-refractivity contribution is 7.99. The predicted molar refractivity (Wildman–Crippen MR) is 70.6 cm³/mol. The summed E-state index contributed by atoms with van der Waals surface area (Å²) in [5.74, 6) is 1.98. The molecule has 2 aromatic rings. The van der Waals surface area contributed by atoms with Crippen molar-refractivity contribution in [2.45, 2.75) is 13.8 Å². The van der Waals surface area contributed by atoms with Crippen molar-refractivity contribution in [3.05, 3.63) is 23.7 Å². The van der Waals surface area contributed by atoms with Gasteiger partial charge in [-0.2, -0.15) is 11.8 Å². The van der Waals surface area contributed by atoms with Crippen LogP contribution in [-0.2, 0) is 7.05 Å². The van der Waals surface area contributed by atoms with Gasteiger partial charge < -0.3 is 4.57 Å². The molecule has 2 rings (SSSR count). The fraction of sp³-hybridized carbons (Fsp3) is 0.417. The lowest BCUT2D eigenvalue weighted by Crippen LogP contribution is -2.10. The van der Waals surface area contributed by atoms with Crippen LogP contribution in [0.4, 0.5) is 0 Å². The topological polar surface area (TPSA) is 47.8 Å². The Morgan fingerprint density at radius 2 is 2.29 bits per heavy atom. The van der Waals surface area contributed by atoms with Gasteiger partial charge in [0.25, 0.3) is 0 Å². The normalized spacial score (nSPS) is 11.0. The average molecular weight is 249 g/mol. The number of thioether (sulfide) groups is 1. The molecule has 0 amide bonds. The lowest BCUT2D eigenvalue weighted by atomic mass is 10.3. The summed E-state index contributed by atoms with van der Waals surface area (Å²) in [6.45, 7) is 4.01. The number of Topliss-reactive ketones (excluding diaryl/α,β-unsaturated/α-hetero) is 1. The molecule has 90 valence electrons. The Kier molecular flexibility index (Phi) is 3.47. The van der Waals surface area contributed by atoms with Gasteiger partial charge in [-0.15, -0.1) is 0 Å². The number of carbonyl (C=O) groups excluding carboxylic acids is 1. The summed E-state index contributed by atoms with van der Waals surface area (Å²) in [5.41, 5.74) is 2.61. The first kappa shape index (κ1) is 12.1. The van der Waals surface area contributed by atoms with E-state index >= 15 is 0 Å². The molecule has 0 unspecified atom stereocenters. The number of fused-ring (bicyclic) bond motifs is 1. The second kappa shape index (κ2) is 4.87. The van der Waals surface area contributed by atoms with Crippen LogP contribution in [0, 0.1) is 6.92 Å². The zero-order valence-electron chi connectivity index (χ0n) is 10.2. The highest BCUT2D eigenvalue weighted by Crippen LogP contribution is 2.15. The van der Waals surface area contributed by atoms with Crippen molar-refractivity contribution in [1.29, 1.82) is 0 Å². The summed E-state index contributed by atoms with van der Waals surface area (Å²) in [4.78, 5) is 20.6. The molecule has 0 aromatic carbocycles. The van der Waals surface area contributed by atoms with Crippen molar-refractivity contribution in [2.75, 3.05) is 11.5 Å². The molecule has 0 saturated heterocycles. The molecule has 0 aliphatic carbocycles. The average Bonchev–Trinajstić information content (AvgIpc) is 2.63. The molecule has 0 spiro atoms. The van der Waals surface area contributed by atoms with Crippen molar-refractivity contribution >= 4 is 28.7 Å². The fourth-order valence-electron chi connectivity index (χ4n) is 1.69. The Hall–Kier alpha value is -1.36. The van der Waals surface area contributed by atoms with E-state index < -0.39 is 0 Å². The fourth-order valence-corrected chi connectivity index (χ4v) is 2.20. The molecule has 0 N–H and O–H groups in total. The van der Waals surface area contributed by atoms with Crippen LogP contribution in [-0.4, -0.2) is 31.8 Å². The van der Waals surface area contributed by atoms with Gasteiger partial charge >= 0.3 is 0 Å². The van der Waals surface area contributed by atoms with Crippen molar-refractivity contribution in [2.24, 2.45) is 7.05 Å². The summed E-state index contributed by atoms with van der Waals surface area (Å²) in [5, 5.41) is 0. The predicted octanol–water partition coefficient (Wildman–Crippen LogP) is 2.21. The van der Waals surface area contributed by atoms with Crippen LogP contribution >= 0.6 is 11.8 Å². The first-order chi connectivity index (χ1) is 8.13. The number of ketones is 1. The van der Waals surface area contributed by atoms with Crippen molar-refractivity contribution in [3.8, 4) is 0 Å². The molecule has 0 aliphatic rings. The molecule has 0 radical (unpaired) electrons. The van der Waals surface area contributed by atoms with Crippen molar-refractivity contribution in [1.82, 2.24) is 14.5 Å². The maximum Gasteiger partial charge on any atom is 0.208 e. The maximum atomic E-state index is 11.9. The second-order valence-electron chi connectivity index (χ2n) is 3.91. The number of hydrogen-bond donors (Lipinski definition) is 0. The standard InChI is InChI=1S/C12H15N3OS/c1-4-17-7-10(16)12-14-9-5-8(2)6-13-11(9)15(12)3/h5-6H,4,7H2,1-3H3. The largest absolute Gasteiger partial charge is 0.309 e. The molecular formula is C12H15N3OS. The zero-order chi connectivity index (χ0) is 12.4. The van der Waals surface area contributed by atoms with Crippen LogP contribution in [0.1, 0.15) is 23.1 Å². The molecule has 2 heterocycles. The van der Waals surface area contributed by atoms with E-state index in [9.17, 15) is 4.79 Å². The van der Waals surface area contributed by atoms with Gasteiger partial charge in [-0.25, -0.2) is 9.97 Å². The van der Waals surface area contributed by atoms with E-state index in [1.807, 2.05) is 27.0 Å². The monoisotopic (exact) mass is 249 g/mol. The summed E-state index contributed by atoms with van der Waals surface area (Å²) in [6.07, 6.45) is 1.79. The number of hydrogen-bond acceptors (Lipinski definition) is 4. The van der Waals surface area contributed by atoms with Gasteiger partial charge in [-0.1, -0.05) is 6.92 Å². The van der Waals surface area contributed by atoms with Crippen LogP contribution in [0.3, 0.4) is 0 Å². The molecule has 0 atom stereocenters. The van der Waals surface area contributed by atoms with Crippen LogP contribution in [0.2, 0.25) is 0 Å². The van der Waals surface area contributed by atoms with Gasteiger partial charge in [0.2, 0.25) is 5.78 Å². The number of nitrogens with zero attached hydrogens (tertiary/aromatic N) is 3. The van der Waals surface area contributed by atoms with Crippen LogP contribution in [0.5, 0.6) is 0 Å². The lowest BCUT2D eigenvalue weighted by Gasteiger charge is -2.00. The van der Waals surface area contributed by atoms with Crippen LogP contribution < -0.4 is 0 Å². The number of imidazole rings is 1. The van der Waals surface area contributed by atoms with E-state index in [1.165, 1.54) is 0 Å². The Balaban J connectivity index is 2.41. The van der Waals surface area contributed by atoms with Gasteiger partial charge in [0.1, 0.15) is 5.52 Å². The van der Waals surface area contributed by atoms with E-state index in [0.717, 1.165) is 22.5 Å². The number of aryl methyl sites for hydroxylation is 2. The van der Waals surface area contributed by atoms with Crippen molar-refractivity contribution < 1.29 is 4.79 Å². The summed E-state index contributed by atoms with van der Waals surface area (Å²) in [6, 6.07) is 1.95. The van der Waals surface area contributed by atoms with Gasteiger partial charge in [0.05, 0.1) is 5.75 Å². The molecule has 0 saturated carbocycles. The summed E-state index contributed by atoms with van der Waals surface area (Å²) >= 11 is 1.61. The van der Waals surface area contributed by atoms with Gasteiger partial charge in [0, 0.05) is 13.2 Å². The Morgan fingerprint density at radius 1 is 1.53 bits per heavy atom. The summed E-state index contributed by atoms with van der Waals surface area (Å²) in [7, 11) is 1.83. The molecule has 0 bridgehead atoms. The van der Waals surface area contributed by atoms with Crippen LogP contribution in [0.15, 0.2) is 12.3 Å². The third-order valence-corrected chi connectivity index (χ3v) is 3.41. The molecule has 0 fully saturated rings. The Morgan fingerprint density at radius 3 is 3.00 bits per heavy atom. The number of pyridine rings is 1. The van der Waals surface area contributed by atoms with E-state index in [-0.39, 0.29) is 5.78 Å². The minimum absolute atomic E-state index is 0.0648.